The van der Waals surface area contributed by atoms with E-state index < -0.39 is 0 Å². The molecule has 3 nitrogen and oxygen atoms in total. The lowest BCUT2D eigenvalue weighted by Crippen LogP contribution is -2.42. The number of hydrogen-bond acceptors (Lipinski definition) is 3. The topological polar surface area (TPSA) is 38.5 Å². The second-order valence-electron chi connectivity index (χ2n) is 6.26. The van der Waals surface area contributed by atoms with E-state index in [1.807, 2.05) is 7.11 Å². The van der Waals surface area contributed by atoms with Gasteiger partial charge in [0.2, 0.25) is 0 Å². The fourth-order valence-electron chi connectivity index (χ4n) is 3.86. The van der Waals surface area contributed by atoms with Gasteiger partial charge < -0.3 is 15.4 Å². The first-order chi connectivity index (χ1) is 8.83. The van der Waals surface area contributed by atoms with Crippen LogP contribution < -0.4 is 5.73 Å². The van der Waals surface area contributed by atoms with Gasteiger partial charge in [0, 0.05) is 20.2 Å². The lowest BCUT2D eigenvalue weighted by Gasteiger charge is -2.38. The van der Waals surface area contributed by atoms with Gasteiger partial charge in [0.15, 0.2) is 0 Å². The zero-order valence-corrected chi connectivity index (χ0v) is 11.9. The fourth-order valence-corrected chi connectivity index (χ4v) is 3.86. The first-order valence-corrected chi connectivity index (χ1v) is 7.74. The molecule has 1 aliphatic heterocycles. The van der Waals surface area contributed by atoms with Crippen molar-refractivity contribution in [1.82, 2.24) is 4.90 Å². The minimum Gasteiger partial charge on any atom is -0.384 e. The van der Waals surface area contributed by atoms with E-state index >= 15 is 0 Å². The first-order valence-electron chi connectivity index (χ1n) is 7.74. The summed E-state index contributed by atoms with van der Waals surface area (Å²) in [5, 5.41) is 0. The van der Waals surface area contributed by atoms with E-state index in [9.17, 15) is 0 Å². The number of likely N-dealkylation sites (tertiary alicyclic amines) is 1. The second-order valence-corrected chi connectivity index (χ2v) is 6.26. The number of ether oxygens (including phenoxy) is 1. The molecule has 2 rings (SSSR count). The lowest BCUT2D eigenvalue weighted by atomic mass is 9.78. The van der Waals surface area contributed by atoms with Crippen LogP contribution in [-0.2, 0) is 4.74 Å². The van der Waals surface area contributed by atoms with Gasteiger partial charge in [-0.05, 0) is 56.5 Å². The van der Waals surface area contributed by atoms with Crippen molar-refractivity contribution in [2.45, 2.75) is 38.5 Å². The molecule has 2 aliphatic rings. The number of rotatable bonds is 5. The van der Waals surface area contributed by atoms with Gasteiger partial charge in [-0.2, -0.15) is 0 Å². The van der Waals surface area contributed by atoms with E-state index in [0.717, 1.165) is 30.9 Å². The Labute approximate surface area is 112 Å². The number of hydrogen-bond donors (Lipinski definition) is 1. The molecule has 2 N–H and O–H groups in total. The smallest absolute Gasteiger partial charge is 0.0502 e. The summed E-state index contributed by atoms with van der Waals surface area (Å²) in [5.41, 5.74) is 5.94. The van der Waals surface area contributed by atoms with E-state index in [1.165, 1.54) is 58.2 Å². The molecule has 0 aromatic carbocycles. The quantitative estimate of drug-likeness (QED) is 0.816. The Kier molecular flexibility index (Phi) is 5.93. The van der Waals surface area contributed by atoms with E-state index in [0.29, 0.717) is 0 Å². The third-order valence-electron chi connectivity index (χ3n) is 4.87. The highest BCUT2D eigenvalue weighted by molar-refractivity contribution is 4.81. The summed E-state index contributed by atoms with van der Waals surface area (Å²) < 4.78 is 5.32. The van der Waals surface area contributed by atoms with Gasteiger partial charge in [0.1, 0.15) is 0 Å². The molecule has 3 heteroatoms. The third-order valence-corrected chi connectivity index (χ3v) is 4.87. The van der Waals surface area contributed by atoms with Crippen molar-refractivity contribution in [2.75, 3.05) is 39.9 Å². The van der Waals surface area contributed by atoms with Crippen LogP contribution in [0.25, 0.3) is 0 Å². The summed E-state index contributed by atoms with van der Waals surface area (Å²) in [6, 6.07) is 0. The molecular weight excluding hydrogens is 224 g/mol. The Morgan fingerprint density at radius 1 is 1.11 bits per heavy atom. The maximum absolute atomic E-state index is 5.94. The van der Waals surface area contributed by atoms with Crippen molar-refractivity contribution in [3.05, 3.63) is 0 Å². The highest BCUT2D eigenvalue weighted by Gasteiger charge is 2.28. The van der Waals surface area contributed by atoms with Crippen molar-refractivity contribution < 1.29 is 4.74 Å². The summed E-state index contributed by atoms with van der Waals surface area (Å²) in [6.07, 6.45) is 8.24. The Bertz CT molecular complexity index is 233. The molecule has 2 fully saturated rings. The normalized spacial score (nSPS) is 34.7. The predicted octanol–water partition coefficient (Wildman–Crippen LogP) is 2.11. The summed E-state index contributed by atoms with van der Waals surface area (Å²) in [6.45, 7) is 5.62. The van der Waals surface area contributed by atoms with Crippen LogP contribution in [0.3, 0.4) is 0 Å². The Hall–Kier alpha value is -0.120. The molecule has 18 heavy (non-hydrogen) atoms. The van der Waals surface area contributed by atoms with Crippen molar-refractivity contribution >= 4 is 0 Å². The third kappa shape index (κ3) is 3.94. The molecule has 3 atom stereocenters. The van der Waals surface area contributed by atoms with Crippen LogP contribution in [0.15, 0.2) is 0 Å². The van der Waals surface area contributed by atoms with Gasteiger partial charge in [0.25, 0.3) is 0 Å². The molecule has 106 valence electrons. The molecular formula is C15H30N2O. The van der Waals surface area contributed by atoms with Crippen LogP contribution >= 0.6 is 0 Å². The zero-order chi connectivity index (χ0) is 12.8. The highest BCUT2D eigenvalue weighted by Crippen LogP contribution is 2.31. The Balaban J connectivity index is 1.80. The van der Waals surface area contributed by atoms with Gasteiger partial charge in [-0.1, -0.05) is 12.8 Å². The summed E-state index contributed by atoms with van der Waals surface area (Å²) in [4.78, 5) is 2.67. The molecule has 0 bridgehead atoms. The van der Waals surface area contributed by atoms with Crippen LogP contribution in [0.1, 0.15) is 38.5 Å². The number of nitrogens with two attached hydrogens (primary N) is 1. The van der Waals surface area contributed by atoms with E-state index in [1.54, 1.807) is 0 Å². The van der Waals surface area contributed by atoms with Gasteiger partial charge in [-0.25, -0.2) is 0 Å². The predicted molar refractivity (Wildman–Crippen MR) is 75.5 cm³/mol. The van der Waals surface area contributed by atoms with Crippen molar-refractivity contribution in [3.63, 3.8) is 0 Å². The van der Waals surface area contributed by atoms with Gasteiger partial charge in [0.05, 0.1) is 6.61 Å². The molecule has 1 aliphatic carbocycles. The van der Waals surface area contributed by atoms with Crippen LogP contribution in [-0.4, -0.2) is 44.8 Å². The second kappa shape index (κ2) is 7.46. The van der Waals surface area contributed by atoms with E-state index in [4.69, 9.17) is 10.5 Å². The molecule has 0 spiro atoms. The Morgan fingerprint density at radius 2 is 1.89 bits per heavy atom. The van der Waals surface area contributed by atoms with E-state index in [2.05, 4.69) is 4.90 Å². The number of methoxy groups -OCH3 is 1. The molecule has 0 aromatic heterocycles. The summed E-state index contributed by atoms with van der Waals surface area (Å²) in [7, 11) is 1.82. The minimum absolute atomic E-state index is 0.753. The largest absolute Gasteiger partial charge is 0.384 e. The summed E-state index contributed by atoms with van der Waals surface area (Å²) >= 11 is 0. The molecule has 1 saturated heterocycles. The van der Waals surface area contributed by atoms with Gasteiger partial charge in [-0.15, -0.1) is 0 Å². The minimum atomic E-state index is 0.753. The maximum atomic E-state index is 5.94. The fraction of sp³-hybridized carbons (Fsp3) is 1.00. The summed E-state index contributed by atoms with van der Waals surface area (Å²) in [5.74, 6) is 2.38. The van der Waals surface area contributed by atoms with Crippen LogP contribution in [0.2, 0.25) is 0 Å². The van der Waals surface area contributed by atoms with Gasteiger partial charge in [-0.3, -0.25) is 0 Å². The standard InChI is InChI=1S/C15H30N2O/c1-18-12-13-5-4-8-17(10-13)11-15-7-3-2-6-14(15)9-16/h13-15H,2-12,16H2,1H3. The lowest BCUT2D eigenvalue weighted by molar-refractivity contribution is 0.0695. The maximum Gasteiger partial charge on any atom is 0.0502 e. The molecule has 0 amide bonds. The Morgan fingerprint density at radius 3 is 2.61 bits per heavy atom. The van der Waals surface area contributed by atoms with Crippen molar-refractivity contribution in [1.29, 1.82) is 0 Å². The van der Waals surface area contributed by atoms with Gasteiger partial charge >= 0.3 is 0 Å². The van der Waals surface area contributed by atoms with Crippen LogP contribution in [0.4, 0.5) is 0 Å². The molecule has 3 unspecified atom stereocenters. The molecule has 1 heterocycles. The average Bonchev–Trinajstić information content (AvgIpc) is 2.40. The van der Waals surface area contributed by atoms with Crippen molar-refractivity contribution in [2.24, 2.45) is 23.5 Å². The van der Waals surface area contributed by atoms with Crippen molar-refractivity contribution in [3.8, 4) is 0 Å². The monoisotopic (exact) mass is 254 g/mol. The van der Waals surface area contributed by atoms with Crippen LogP contribution in [0, 0.1) is 17.8 Å². The average molecular weight is 254 g/mol. The first kappa shape index (κ1) is 14.3. The van der Waals surface area contributed by atoms with Crippen LogP contribution in [0.5, 0.6) is 0 Å². The van der Waals surface area contributed by atoms with E-state index in [-0.39, 0.29) is 0 Å². The SMILES string of the molecule is COCC1CCCN(CC2CCCCC2CN)C1. The molecule has 0 radical (unpaired) electrons. The number of nitrogens with zero attached hydrogens (tertiary/aromatic N) is 1. The molecule has 0 aromatic rings. The highest BCUT2D eigenvalue weighted by atomic mass is 16.5. The number of piperidine rings is 1. The molecule has 1 saturated carbocycles. The zero-order valence-electron chi connectivity index (χ0n) is 11.9.